The van der Waals surface area contributed by atoms with Gasteiger partial charge in [0.2, 0.25) is 0 Å². The normalized spacial score (nSPS) is 19.4. The predicted octanol–water partition coefficient (Wildman–Crippen LogP) is 1.81. The summed E-state index contributed by atoms with van der Waals surface area (Å²) >= 11 is 1.79. The van der Waals surface area contributed by atoms with E-state index in [0.29, 0.717) is 5.92 Å². The van der Waals surface area contributed by atoms with Gasteiger partial charge in [0.05, 0.1) is 5.69 Å². The Morgan fingerprint density at radius 3 is 2.89 bits per heavy atom. The van der Waals surface area contributed by atoms with E-state index in [4.69, 9.17) is 10.7 Å². The molecule has 1 aliphatic heterocycles. The van der Waals surface area contributed by atoms with Gasteiger partial charge in [0.25, 0.3) is 0 Å². The van der Waals surface area contributed by atoms with E-state index in [-0.39, 0.29) is 0 Å². The van der Waals surface area contributed by atoms with Crippen molar-refractivity contribution in [1.29, 1.82) is 0 Å². The Balaban J connectivity index is 1.89. The Hall–Kier alpha value is -0.650. The molecule has 0 bridgehead atoms. The van der Waals surface area contributed by atoms with Crippen LogP contribution < -0.4 is 10.6 Å². The second-order valence-electron chi connectivity index (χ2n) is 5.46. The van der Waals surface area contributed by atoms with Crippen LogP contribution in [0.1, 0.15) is 26.0 Å². The molecule has 2 heterocycles. The molecule has 1 aromatic rings. The van der Waals surface area contributed by atoms with Gasteiger partial charge in [-0.1, -0.05) is 13.8 Å². The molecule has 1 aliphatic rings. The van der Waals surface area contributed by atoms with Gasteiger partial charge >= 0.3 is 0 Å². The van der Waals surface area contributed by atoms with Crippen molar-refractivity contribution in [2.75, 3.05) is 44.2 Å². The van der Waals surface area contributed by atoms with Gasteiger partial charge in [0, 0.05) is 31.6 Å². The molecule has 4 nitrogen and oxygen atoms in total. The lowest BCUT2D eigenvalue weighted by molar-refractivity contribution is 0.255. The van der Waals surface area contributed by atoms with Crippen LogP contribution >= 0.6 is 11.3 Å². The molecule has 0 saturated carbocycles. The number of hydrogen-bond donors (Lipinski definition) is 1. The molecular formula is C14H26N4S. The van der Waals surface area contributed by atoms with Crippen molar-refractivity contribution < 1.29 is 0 Å². The molecule has 1 fully saturated rings. The molecule has 0 aromatic carbocycles. The fraction of sp³-hybridized carbons (Fsp3) is 0.786. The zero-order valence-electron chi connectivity index (χ0n) is 12.1. The zero-order valence-corrected chi connectivity index (χ0v) is 13.0. The van der Waals surface area contributed by atoms with Crippen LogP contribution in [0.5, 0.6) is 0 Å². The Bertz CT molecular complexity index is 379. The Morgan fingerprint density at radius 2 is 2.21 bits per heavy atom. The molecule has 0 amide bonds. The quantitative estimate of drug-likeness (QED) is 0.895. The van der Waals surface area contributed by atoms with E-state index in [0.717, 1.165) is 39.1 Å². The van der Waals surface area contributed by atoms with Crippen molar-refractivity contribution in [3.8, 4) is 0 Å². The number of hydrogen-bond acceptors (Lipinski definition) is 5. The van der Waals surface area contributed by atoms with Crippen LogP contribution in [0.2, 0.25) is 0 Å². The van der Waals surface area contributed by atoms with Crippen LogP contribution in [0.3, 0.4) is 0 Å². The van der Waals surface area contributed by atoms with Crippen LogP contribution in [0.15, 0.2) is 5.38 Å². The van der Waals surface area contributed by atoms with E-state index >= 15 is 0 Å². The Morgan fingerprint density at radius 1 is 1.37 bits per heavy atom. The highest BCUT2D eigenvalue weighted by atomic mass is 32.1. The Labute approximate surface area is 120 Å². The average molecular weight is 282 g/mol. The van der Waals surface area contributed by atoms with Gasteiger partial charge in [0.15, 0.2) is 5.13 Å². The summed E-state index contributed by atoms with van der Waals surface area (Å²) in [5, 5.41) is 3.39. The summed E-state index contributed by atoms with van der Waals surface area (Å²) in [7, 11) is 0. The minimum absolute atomic E-state index is 0.595. The molecule has 1 saturated heterocycles. The highest BCUT2D eigenvalue weighted by molar-refractivity contribution is 7.13. The standard InChI is InChI=1S/C14H26N4S/c1-3-13-11-19-14(16-13)18-6-4-5-17(7-8-18)10-12(2)9-15/h11-12H,3-10,15H2,1-2H3. The number of aromatic nitrogens is 1. The SMILES string of the molecule is CCc1csc(N2CCCN(CC(C)CN)CC2)n1. The maximum atomic E-state index is 5.72. The average Bonchev–Trinajstić information content (AvgIpc) is 2.79. The molecule has 1 unspecified atom stereocenters. The summed E-state index contributed by atoms with van der Waals surface area (Å²) < 4.78 is 0. The molecule has 0 spiro atoms. The second-order valence-corrected chi connectivity index (χ2v) is 6.29. The summed E-state index contributed by atoms with van der Waals surface area (Å²) in [6.07, 6.45) is 2.25. The van der Waals surface area contributed by atoms with Crippen molar-refractivity contribution >= 4 is 16.5 Å². The third kappa shape index (κ3) is 4.16. The van der Waals surface area contributed by atoms with Crippen molar-refractivity contribution in [1.82, 2.24) is 9.88 Å². The first-order valence-electron chi connectivity index (χ1n) is 7.34. The summed E-state index contributed by atoms with van der Waals surface area (Å²) in [4.78, 5) is 9.69. The van der Waals surface area contributed by atoms with Crippen LogP contribution in [0.25, 0.3) is 0 Å². The number of anilines is 1. The van der Waals surface area contributed by atoms with Crippen LogP contribution in [-0.2, 0) is 6.42 Å². The molecule has 0 aliphatic carbocycles. The van der Waals surface area contributed by atoms with Crippen molar-refractivity contribution in [2.45, 2.75) is 26.7 Å². The van der Waals surface area contributed by atoms with Gasteiger partial charge in [-0.15, -0.1) is 11.3 Å². The molecule has 2 rings (SSSR count). The number of nitrogens with two attached hydrogens (primary N) is 1. The zero-order chi connectivity index (χ0) is 13.7. The fourth-order valence-corrected chi connectivity index (χ4v) is 3.43. The van der Waals surface area contributed by atoms with Crippen molar-refractivity contribution in [3.05, 3.63) is 11.1 Å². The fourth-order valence-electron chi connectivity index (χ4n) is 2.46. The summed E-state index contributed by atoms with van der Waals surface area (Å²) in [5.74, 6) is 0.595. The molecule has 1 atom stereocenters. The highest BCUT2D eigenvalue weighted by Crippen LogP contribution is 2.22. The molecule has 108 valence electrons. The monoisotopic (exact) mass is 282 g/mol. The minimum atomic E-state index is 0.595. The van der Waals surface area contributed by atoms with E-state index in [1.165, 1.54) is 23.8 Å². The number of thiazole rings is 1. The molecule has 0 radical (unpaired) electrons. The Kier molecular flexibility index (Phi) is 5.60. The third-order valence-electron chi connectivity index (χ3n) is 3.73. The van der Waals surface area contributed by atoms with Crippen molar-refractivity contribution in [3.63, 3.8) is 0 Å². The van der Waals surface area contributed by atoms with E-state index in [1.54, 1.807) is 11.3 Å². The van der Waals surface area contributed by atoms with Crippen molar-refractivity contribution in [2.24, 2.45) is 11.7 Å². The number of nitrogens with zero attached hydrogens (tertiary/aromatic N) is 3. The lowest BCUT2D eigenvalue weighted by Crippen LogP contribution is -2.35. The first-order chi connectivity index (χ1) is 9.22. The minimum Gasteiger partial charge on any atom is -0.347 e. The van der Waals surface area contributed by atoms with E-state index < -0.39 is 0 Å². The van der Waals surface area contributed by atoms with Crippen LogP contribution in [0.4, 0.5) is 5.13 Å². The van der Waals surface area contributed by atoms with Crippen LogP contribution in [0, 0.1) is 5.92 Å². The van der Waals surface area contributed by atoms with Gasteiger partial charge in [-0.3, -0.25) is 0 Å². The largest absolute Gasteiger partial charge is 0.347 e. The summed E-state index contributed by atoms with van der Waals surface area (Å²) in [6.45, 7) is 10.8. The topological polar surface area (TPSA) is 45.4 Å². The van der Waals surface area contributed by atoms with Gasteiger partial charge in [-0.25, -0.2) is 4.98 Å². The summed E-state index contributed by atoms with van der Waals surface area (Å²) in [6, 6.07) is 0. The maximum Gasteiger partial charge on any atom is 0.185 e. The second kappa shape index (κ2) is 7.22. The van der Waals surface area contributed by atoms with E-state index in [2.05, 4.69) is 29.0 Å². The summed E-state index contributed by atoms with van der Waals surface area (Å²) in [5.41, 5.74) is 6.94. The maximum absolute atomic E-state index is 5.72. The van der Waals surface area contributed by atoms with Gasteiger partial charge in [-0.2, -0.15) is 0 Å². The molecule has 2 N–H and O–H groups in total. The van der Waals surface area contributed by atoms with Gasteiger partial charge in [0.1, 0.15) is 0 Å². The lowest BCUT2D eigenvalue weighted by atomic mass is 10.1. The number of aryl methyl sites for hydroxylation is 1. The van der Waals surface area contributed by atoms with Crippen LogP contribution in [-0.4, -0.2) is 49.2 Å². The molecule has 1 aromatic heterocycles. The van der Waals surface area contributed by atoms with E-state index in [9.17, 15) is 0 Å². The first-order valence-corrected chi connectivity index (χ1v) is 8.22. The predicted molar refractivity (Wildman–Crippen MR) is 83.0 cm³/mol. The smallest absolute Gasteiger partial charge is 0.185 e. The molecular weight excluding hydrogens is 256 g/mol. The number of rotatable bonds is 5. The lowest BCUT2D eigenvalue weighted by Gasteiger charge is -2.23. The van der Waals surface area contributed by atoms with Gasteiger partial charge < -0.3 is 15.5 Å². The highest BCUT2D eigenvalue weighted by Gasteiger charge is 2.18. The molecule has 19 heavy (non-hydrogen) atoms. The van der Waals surface area contributed by atoms with E-state index in [1.807, 2.05) is 0 Å². The molecule has 5 heteroatoms. The third-order valence-corrected chi connectivity index (χ3v) is 4.68. The van der Waals surface area contributed by atoms with Gasteiger partial charge in [-0.05, 0) is 31.8 Å². The first kappa shape index (κ1) is 14.8.